The molecule has 52 heavy (non-hydrogen) atoms. The third-order valence-electron chi connectivity index (χ3n) is 6.49. The zero-order valence-electron chi connectivity index (χ0n) is 26.6. The molecular formula is C32H28N10O10. The molecule has 0 bridgehead atoms. The SMILES string of the molecule is O=C(O)CC(Nc1nc(Nc2ccc(Nc3nc(NC(CC(=O)O)C(=O)O)nc(Oc4ccccc4)n3)cc2)nc(Oc2ccccc2)n1)C(=O)O. The van der Waals surface area contributed by atoms with Crippen LogP contribution in [0.25, 0.3) is 0 Å². The van der Waals surface area contributed by atoms with Crippen molar-refractivity contribution < 1.29 is 49.1 Å². The topological polar surface area (TPSA) is 293 Å². The fraction of sp³-hybridized carbons (Fsp3) is 0.125. The Balaban J connectivity index is 1.37. The van der Waals surface area contributed by atoms with Crippen LogP contribution in [-0.2, 0) is 19.2 Å². The molecule has 20 nitrogen and oxygen atoms in total. The molecule has 5 aromatic rings. The van der Waals surface area contributed by atoms with Crippen molar-refractivity contribution in [3.63, 3.8) is 0 Å². The molecule has 2 atom stereocenters. The third-order valence-corrected chi connectivity index (χ3v) is 6.49. The van der Waals surface area contributed by atoms with Crippen molar-refractivity contribution in [2.24, 2.45) is 0 Å². The molecular weight excluding hydrogens is 684 g/mol. The number of anilines is 6. The molecule has 0 saturated carbocycles. The van der Waals surface area contributed by atoms with Crippen LogP contribution in [0.5, 0.6) is 23.5 Å². The van der Waals surface area contributed by atoms with Crippen LogP contribution < -0.4 is 30.7 Å². The van der Waals surface area contributed by atoms with Crippen molar-refractivity contribution in [2.45, 2.75) is 24.9 Å². The van der Waals surface area contributed by atoms with E-state index in [4.69, 9.17) is 19.7 Å². The second-order valence-corrected chi connectivity index (χ2v) is 10.5. The number of hydrogen-bond donors (Lipinski definition) is 8. The van der Waals surface area contributed by atoms with E-state index in [1.54, 1.807) is 84.9 Å². The maximum absolute atomic E-state index is 11.7. The number of nitrogens with zero attached hydrogens (tertiary/aromatic N) is 6. The molecule has 5 rings (SSSR count). The first kappa shape index (κ1) is 35.7. The van der Waals surface area contributed by atoms with Crippen LogP contribution in [0.2, 0.25) is 0 Å². The van der Waals surface area contributed by atoms with E-state index in [-0.39, 0.29) is 35.8 Å². The minimum atomic E-state index is -1.56. The van der Waals surface area contributed by atoms with Gasteiger partial charge in [0.15, 0.2) is 0 Å². The maximum Gasteiger partial charge on any atom is 0.328 e. The highest BCUT2D eigenvalue weighted by molar-refractivity contribution is 5.83. The normalized spacial score (nSPS) is 11.7. The van der Waals surface area contributed by atoms with Gasteiger partial charge < -0.3 is 51.2 Å². The fourth-order valence-corrected chi connectivity index (χ4v) is 4.19. The molecule has 2 unspecified atom stereocenters. The summed E-state index contributed by atoms with van der Waals surface area (Å²) in [4.78, 5) is 70.7. The largest absolute Gasteiger partial charge is 0.481 e. The van der Waals surface area contributed by atoms with Crippen molar-refractivity contribution >= 4 is 59.0 Å². The number of nitrogens with one attached hydrogen (secondary N) is 4. The highest BCUT2D eigenvalue weighted by Crippen LogP contribution is 2.25. The van der Waals surface area contributed by atoms with Gasteiger partial charge in [0.2, 0.25) is 23.8 Å². The van der Waals surface area contributed by atoms with E-state index in [9.17, 15) is 29.4 Å². The molecule has 8 N–H and O–H groups in total. The molecule has 266 valence electrons. The van der Waals surface area contributed by atoms with E-state index in [0.717, 1.165) is 0 Å². The number of aromatic nitrogens is 6. The number of rotatable bonds is 18. The minimum absolute atomic E-state index is 0.0752. The van der Waals surface area contributed by atoms with Crippen LogP contribution in [-0.4, -0.2) is 86.3 Å². The molecule has 0 aliphatic rings. The van der Waals surface area contributed by atoms with E-state index >= 15 is 0 Å². The zero-order chi connectivity index (χ0) is 37.0. The number of ether oxygens (including phenoxy) is 2. The smallest absolute Gasteiger partial charge is 0.328 e. The number of carboxylic acids is 4. The average molecular weight is 713 g/mol. The second-order valence-electron chi connectivity index (χ2n) is 10.5. The van der Waals surface area contributed by atoms with Crippen LogP contribution in [0, 0.1) is 0 Å². The summed E-state index contributed by atoms with van der Waals surface area (Å²) in [6, 6.07) is 19.9. The summed E-state index contributed by atoms with van der Waals surface area (Å²) in [7, 11) is 0. The first-order valence-corrected chi connectivity index (χ1v) is 15.0. The zero-order valence-corrected chi connectivity index (χ0v) is 26.6. The molecule has 0 radical (unpaired) electrons. The molecule has 2 heterocycles. The van der Waals surface area contributed by atoms with Crippen LogP contribution in [0.15, 0.2) is 84.9 Å². The Bertz CT molecular complexity index is 1890. The van der Waals surface area contributed by atoms with Gasteiger partial charge in [-0.2, -0.15) is 29.9 Å². The maximum atomic E-state index is 11.7. The molecule has 0 aliphatic carbocycles. The number of carboxylic acid groups (broad SMARTS) is 4. The van der Waals surface area contributed by atoms with Gasteiger partial charge in [-0.25, -0.2) is 9.59 Å². The Morgan fingerprint density at radius 3 is 1.17 bits per heavy atom. The van der Waals surface area contributed by atoms with Gasteiger partial charge in [0.25, 0.3) is 0 Å². The van der Waals surface area contributed by atoms with Crippen molar-refractivity contribution in [3.8, 4) is 23.5 Å². The Labute approximate surface area is 292 Å². The quantitative estimate of drug-likeness (QED) is 0.0640. The molecule has 3 aromatic carbocycles. The van der Waals surface area contributed by atoms with Crippen LogP contribution in [0.4, 0.5) is 35.2 Å². The number of para-hydroxylation sites is 2. The summed E-state index contributed by atoms with van der Waals surface area (Å²) < 4.78 is 11.4. The Morgan fingerprint density at radius 1 is 0.500 bits per heavy atom. The summed E-state index contributed by atoms with van der Waals surface area (Å²) in [6.07, 6.45) is -1.51. The van der Waals surface area contributed by atoms with Gasteiger partial charge in [-0.3, -0.25) is 9.59 Å². The summed E-state index contributed by atoms with van der Waals surface area (Å²) in [6.45, 7) is 0. The van der Waals surface area contributed by atoms with E-state index < -0.39 is 48.8 Å². The van der Waals surface area contributed by atoms with Crippen LogP contribution >= 0.6 is 0 Å². The van der Waals surface area contributed by atoms with Crippen LogP contribution in [0.3, 0.4) is 0 Å². The molecule has 0 aliphatic heterocycles. The van der Waals surface area contributed by atoms with Crippen LogP contribution in [0.1, 0.15) is 12.8 Å². The van der Waals surface area contributed by atoms with E-state index in [1.165, 1.54) is 0 Å². The Kier molecular flexibility index (Phi) is 11.4. The molecule has 0 saturated heterocycles. The number of aliphatic carboxylic acids is 4. The van der Waals surface area contributed by atoms with Gasteiger partial charge in [0.05, 0.1) is 12.8 Å². The number of hydrogen-bond acceptors (Lipinski definition) is 16. The van der Waals surface area contributed by atoms with E-state index in [0.29, 0.717) is 22.9 Å². The Hall–Kier alpha value is -7.64. The highest BCUT2D eigenvalue weighted by Gasteiger charge is 2.24. The first-order valence-electron chi connectivity index (χ1n) is 15.0. The summed E-state index contributed by atoms with van der Waals surface area (Å²) in [5.41, 5.74) is 0.885. The first-order chi connectivity index (χ1) is 25.0. The van der Waals surface area contributed by atoms with Gasteiger partial charge in [-0.15, -0.1) is 0 Å². The Morgan fingerprint density at radius 2 is 0.846 bits per heavy atom. The van der Waals surface area contributed by atoms with E-state index in [2.05, 4.69) is 51.2 Å². The van der Waals surface area contributed by atoms with E-state index in [1.807, 2.05) is 0 Å². The third kappa shape index (κ3) is 10.7. The summed E-state index contributed by atoms with van der Waals surface area (Å²) in [5.74, 6) is -5.52. The molecule has 0 amide bonds. The lowest BCUT2D eigenvalue weighted by Crippen LogP contribution is -2.32. The summed E-state index contributed by atoms with van der Waals surface area (Å²) in [5, 5.41) is 48.1. The van der Waals surface area contributed by atoms with Gasteiger partial charge in [0.1, 0.15) is 23.6 Å². The predicted molar refractivity (Wildman–Crippen MR) is 180 cm³/mol. The predicted octanol–water partition coefficient (Wildman–Crippen LogP) is 3.81. The molecule has 0 fully saturated rings. The standard InChI is InChI=1S/C32H28N10O10/c43-23(44)15-21(25(47)48)35-29-37-27(39-31(41-29)51-19-7-3-1-4-8-19)33-17-11-13-18(14-12-17)34-28-38-30(36-22(26(49)50)16-24(45)46)42-32(40-28)52-20-9-5-2-6-10-20/h1-14,21-22H,15-16H2,(H,43,44)(H,45,46)(H,47,48)(H,49,50)(H2,33,35,37,39,41)(H2,34,36,38,40,42). The summed E-state index contributed by atoms with van der Waals surface area (Å²) >= 11 is 0. The van der Waals surface area contributed by atoms with Gasteiger partial charge in [-0.05, 0) is 48.5 Å². The lowest BCUT2D eigenvalue weighted by Gasteiger charge is -2.15. The number of benzene rings is 3. The minimum Gasteiger partial charge on any atom is -0.481 e. The number of carbonyl (C=O) groups is 4. The van der Waals surface area contributed by atoms with Gasteiger partial charge in [-0.1, -0.05) is 36.4 Å². The highest BCUT2D eigenvalue weighted by atomic mass is 16.5. The van der Waals surface area contributed by atoms with Crippen molar-refractivity contribution in [2.75, 3.05) is 21.3 Å². The lowest BCUT2D eigenvalue weighted by molar-refractivity contribution is -0.144. The van der Waals surface area contributed by atoms with Gasteiger partial charge >= 0.3 is 35.9 Å². The molecule has 20 heteroatoms. The lowest BCUT2D eigenvalue weighted by atomic mass is 10.2. The molecule has 2 aromatic heterocycles. The average Bonchev–Trinajstić information content (AvgIpc) is 3.09. The fourth-order valence-electron chi connectivity index (χ4n) is 4.19. The van der Waals surface area contributed by atoms with Crippen molar-refractivity contribution in [1.29, 1.82) is 0 Å². The van der Waals surface area contributed by atoms with Gasteiger partial charge in [0, 0.05) is 11.4 Å². The molecule has 0 spiro atoms. The van der Waals surface area contributed by atoms with Crippen molar-refractivity contribution in [1.82, 2.24) is 29.9 Å². The monoisotopic (exact) mass is 712 g/mol. The second kappa shape index (κ2) is 16.6. The van der Waals surface area contributed by atoms with Crippen molar-refractivity contribution in [3.05, 3.63) is 84.9 Å².